The maximum atomic E-state index is 10.7. The van der Waals surface area contributed by atoms with Gasteiger partial charge in [0, 0.05) is 23.9 Å². The van der Waals surface area contributed by atoms with Gasteiger partial charge in [0.1, 0.15) is 0 Å². The first-order chi connectivity index (χ1) is 8.40. The molecule has 18 heavy (non-hydrogen) atoms. The molecular formula is C13H21N3O2. The van der Waals surface area contributed by atoms with Gasteiger partial charge in [0.2, 0.25) is 0 Å². The van der Waals surface area contributed by atoms with Crippen molar-refractivity contribution < 1.29 is 4.92 Å². The minimum atomic E-state index is -0.366. The third-order valence-electron chi connectivity index (χ3n) is 2.84. The second-order valence-corrected chi connectivity index (χ2v) is 4.89. The fourth-order valence-corrected chi connectivity index (χ4v) is 1.67. The molecule has 0 saturated heterocycles. The monoisotopic (exact) mass is 251 g/mol. The smallest absolute Gasteiger partial charge is 0.271 e. The van der Waals surface area contributed by atoms with Crippen molar-refractivity contribution in [3.63, 3.8) is 0 Å². The number of rotatable bonds is 6. The Morgan fingerprint density at radius 2 is 2.11 bits per heavy atom. The van der Waals surface area contributed by atoms with Gasteiger partial charge in [-0.3, -0.25) is 10.1 Å². The molecule has 0 aliphatic heterocycles. The number of anilines is 1. The van der Waals surface area contributed by atoms with Crippen LogP contribution < -0.4 is 5.32 Å². The fraction of sp³-hybridized carbons (Fsp3) is 0.538. The minimum absolute atomic E-state index is 0.128. The van der Waals surface area contributed by atoms with Crippen LogP contribution in [-0.2, 0) is 0 Å². The zero-order valence-corrected chi connectivity index (χ0v) is 11.4. The maximum absolute atomic E-state index is 10.7. The van der Waals surface area contributed by atoms with Crippen molar-refractivity contribution in [3.05, 3.63) is 33.9 Å². The molecule has 1 unspecified atom stereocenters. The summed E-state index contributed by atoms with van der Waals surface area (Å²) in [4.78, 5) is 12.5. The summed E-state index contributed by atoms with van der Waals surface area (Å²) < 4.78 is 0. The highest BCUT2D eigenvalue weighted by atomic mass is 16.6. The summed E-state index contributed by atoms with van der Waals surface area (Å²) in [6.45, 7) is 5.02. The van der Waals surface area contributed by atoms with Crippen molar-refractivity contribution in [1.29, 1.82) is 0 Å². The molecule has 1 N–H and O–H groups in total. The highest BCUT2D eigenvalue weighted by Gasteiger charge is 2.10. The largest absolute Gasteiger partial charge is 0.382 e. The van der Waals surface area contributed by atoms with Gasteiger partial charge < -0.3 is 10.2 Å². The molecule has 0 aromatic heterocycles. The molecular weight excluding hydrogens is 230 g/mol. The van der Waals surface area contributed by atoms with E-state index in [2.05, 4.69) is 17.1 Å². The lowest BCUT2D eigenvalue weighted by Gasteiger charge is -2.19. The molecule has 0 spiro atoms. The van der Waals surface area contributed by atoms with E-state index in [1.807, 2.05) is 21.0 Å². The Morgan fingerprint density at radius 1 is 1.44 bits per heavy atom. The third kappa shape index (κ3) is 4.33. The van der Waals surface area contributed by atoms with Crippen molar-refractivity contribution in [2.45, 2.75) is 26.3 Å². The van der Waals surface area contributed by atoms with E-state index in [4.69, 9.17) is 0 Å². The van der Waals surface area contributed by atoms with Crippen LogP contribution in [0.15, 0.2) is 18.2 Å². The molecule has 1 rings (SSSR count). The number of benzene rings is 1. The average molecular weight is 251 g/mol. The van der Waals surface area contributed by atoms with Gasteiger partial charge >= 0.3 is 0 Å². The van der Waals surface area contributed by atoms with Crippen LogP contribution in [0.4, 0.5) is 11.4 Å². The van der Waals surface area contributed by atoms with E-state index >= 15 is 0 Å². The number of nitrogens with one attached hydrogen (secondary N) is 1. The van der Waals surface area contributed by atoms with Crippen LogP contribution in [0.25, 0.3) is 0 Å². The molecule has 1 aromatic carbocycles. The summed E-state index contributed by atoms with van der Waals surface area (Å²) in [6, 6.07) is 5.19. The van der Waals surface area contributed by atoms with Crippen molar-refractivity contribution in [3.8, 4) is 0 Å². The molecule has 0 radical (unpaired) electrons. The number of nitro benzene ring substituents is 1. The quantitative estimate of drug-likeness (QED) is 0.623. The van der Waals surface area contributed by atoms with Gasteiger partial charge in [-0.1, -0.05) is 6.07 Å². The van der Waals surface area contributed by atoms with E-state index in [1.165, 1.54) is 6.07 Å². The highest BCUT2D eigenvalue weighted by molar-refractivity contribution is 5.57. The number of hydrogen-bond donors (Lipinski definition) is 1. The van der Waals surface area contributed by atoms with Crippen LogP contribution in [0.2, 0.25) is 0 Å². The first-order valence-corrected chi connectivity index (χ1v) is 6.06. The molecule has 0 saturated carbocycles. The molecule has 0 aliphatic carbocycles. The summed E-state index contributed by atoms with van der Waals surface area (Å²) in [5.41, 5.74) is 2.00. The molecule has 0 aliphatic rings. The Morgan fingerprint density at radius 3 is 2.67 bits per heavy atom. The first kappa shape index (κ1) is 14.4. The Bertz CT molecular complexity index is 419. The maximum Gasteiger partial charge on any atom is 0.271 e. The molecule has 0 bridgehead atoms. The number of non-ortho nitro benzene ring substituents is 1. The summed E-state index contributed by atoms with van der Waals surface area (Å²) >= 11 is 0. The molecule has 5 nitrogen and oxygen atoms in total. The number of nitrogens with zero attached hydrogens (tertiary/aromatic N) is 2. The Labute approximate surface area is 108 Å². The van der Waals surface area contributed by atoms with E-state index in [0.717, 1.165) is 24.2 Å². The summed E-state index contributed by atoms with van der Waals surface area (Å²) in [5.74, 6) is 0. The third-order valence-corrected chi connectivity index (χ3v) is 2.84. The zero-order valence-electron chi connectivity index (χ0n) is 11.4. The topological polar surface area (TPSA) is 58.4 Å². The van der Waals surface area contributed by atoms with Crippen molar-refractivity contribution in [1.82, 2.24) is 4.90 Å². The van der Waals surface area contributed by atoms with Crippen molar-refractivity contribution >= 4 is 11.4 Å². The van der Waals surface area contributed by atoms with Crippen LogP contribution in [0.5, 0.6) is 0 Å². The van der Waals surface area contributed by atoms with Crippen molar-refractivity contribution in [2.24, 2.45) is 0 Å². The predicted octanol–water partition coefficient (Wildman–Crippen LogP) is 2.66. The predicted molar refractivity (Wildman–Crippen MR) is 74.1 cm³/mol. The van der Waals surface area contributed by atoms with Crippen LogP contribution in [0.3, 0.4) is 0 Å². The van der Waals surface area contributed by atoms with E-state index in [0.29, 0.717) is 0 Å². The summed E-state index contributed by atoms with van der Waals surface area (Å²) in [7, 11) is 4.07. The molecule has 1 aromatic rings. The van der Waals surface area contributed by atoms with Gasteiger partial charge in [0.25, 0.3) is 5.69 Å². The molecule has 0 amide bonds. The standard InChI is InChI=1S/C13H21N3O2/c1-10-5-6-12(16(17)18)9-13(10)14-11(2)7-8-15(3)4/h5-6,9,11,14H,7-8H2,1-4H3. The van der Waals surface area contributed by atoms with Gasteiger partial charge in [-0.05, 0) is 46.5 Å². The molecule has 5 heteroatoms. The normalized spacial score (nSPS) is 12.5. The highest BCUT2D eigenvalue weighted by Crippen LogP contribution is 2.22. The second-order valence-electron chi connectivity index (χ2n) is 4.89. The molecule has 100 valence electrons. The van der Waals surface area contributed by atoms with Crippen LogP contribution in [-0.4, -0.2) is 36.5 Å². The van der Waals surface area contributed by atoms with E-state index in [-0.39, 0.29) is 16.7 Å². The van der Waals surface area contributed by atoms with E-state index in [1.54, 1.807) is 12.1 Å². The number of nitro groups is 1. The SMILES string of the molecule is Cc1ccc([N+](=O)[O-])cc1NC(C)CCN(C)C. The van der Waals surface area contributed by atoms with E-state index in [9.17, 15) is 10.1 Å². The number of aryl methyl sites for hydroxylation is 1. The Kier molecular flexibility index (Phi) is 5.09. The van der Waals surface area contributed by atoms with Gasteiger partial charge in [-0.2, -0.15) is 0 Å². The molecule has 0 heterocycles. The van der Waals surface area contributed by atoms with Gasteiger partial charge in [-0.25, -0.2) is 0 Å². The van der Waals surface area contributed by atoms with Gasteiger partial charge in [-0.15, -0.1) is 0 Å². The fourth-order valence-electron chi connectivity index (χ4n) is 1.67. The van der Waals surface area contributed by atoms with Gasteiger partial charge in [0.05, 0.1) is 4.92 Å². The zero-order chi connectivity index (χ0) is 13.7. The first-order valence-electron chi connectivity index (χ1n) is 6.06. The van der Waals surface area contributed by atoms with Crippen LogP contribution in [0, 0.1) is 17.0 Å². The minimum Gasteiger partial charge on any atom is -0.382 e. The van der Waals surface area contributed by atoms with Gasteiger partial charge in [0.15, 0.2) is 0 Å². The Hall–Kier alpha value is -1.62. The average Bonchev–Trinajstić information content (AvgIpc) is 2.29. The molecule has 0 fully saturated rings. The van der Waals surface area contributed by atoms with Crippen molar-refractivity contribution in [2.75, 3.05) is 26.0 Å². The van der Waals surface area contributed by atoms with E-state index < -0.39 is 0 Å². The summed E-state index contributed by atoms with van der Waals surface area (Å²) in [6.07, 6.45) is 0.995. The summed E-state index contributed by atoms with van der Waals surface area (Å²) in [5, 5.41) is 14.1. The Balaban J connectivity index is 2.71. The lowest BCUT2D eigenvalue weighted by atomic mass is 10.1. The molecule has 1 atom stereocenters. The van der Waals surface area contributed by atoms with Crippen LogP contribution in [0.1, 0.15) is 18.9 Å². The van der Waals surface area contributed by atoms with Crippen LogP contribution >= 0.6 is 0 Å². The number of hydrogen-bond acceptors (Lipinski definition) is 4. The lowest BCUT2D eigenvalue weighted by Crippen LogP contribution is -2.23. The second kappa shape index (κ2) is 6.35. The lowest BCUT2D eigenvalue weighted by molar-refractivity contribution is -0.384.